The topological polar surface area (TPSA) is 66.0 Å². The summed E-state index contributed by atoms with van der Waals surface area (Å²) in [5, 5.41) is 6.79. The van der Waals surface area contributed by atoms with Gasteiger partial charge in [-0.2, -0.15) is 0 Å². The van der Waals surface area contributed by atoms with Crippen molar-refractivity contribution in [2.75, 3.05) is 44.7 Å². The predicted molar refractivity (Wildman–Crippen MR) is 123 cm³/mol. The van der Waals surface area contributed by atoms with E-state index in [2.05, 4.69) is 20.5 Å². The van der Waals surface area contributed by atoms with Crippen molar-refractivity contribution >= 4 is 29.2 Å². The van der Waals surface area contributed by atoms with Crippen LogP contribution in [0.4, 0.5) is 5.69 Å². The van der Waals surface area contributed by atoms with E-state index >= 15 is 0 Å². The molecular formula is C23H29ClN4O2. The van der Waals surface area contributed by atoms with Crippen LogP contribution in [0.5, 0.6) is 0 Å². The van der Waals surface area contributed by atoms with Gasteiger partial charge in [0.25, 0.3) is 5.91 Å². The number of benzene rings is 2. The molecule has 0 aliphatic carbocycles. The molecule has 2 aromatic carbocycles. The number of carbonyl (C=O) groups excluding carboxylic acids is 1. The number of morpholine rings is 1. The van der Waals surface area contributed by atoms with Gasteiger partial charge in [-0.25, -0.2) is 0 Å². The highest BCUT2D eigenvalue weighted by Crippen LogP contribution is 2.20. The molecule has 30 heavy (non-hydrogen) atoms. The molecule has 1 fully saturated rings. The van der Waals surface area contributed by atoms with Crippen molar-refractivity contribution in [1.82, 2.24) is 10.2 Å². The summed E-state index contributed by atoms with van der Waals surface area (Å²) in [5.41, 5.74) is 4.66. The smallest absolute Gasteiger partial charge is 0.257 e. The van der Waals surface area contributed by atoms with Gasteiger partial charge in [0.1, 0.15) is 0 Å². The lowest BCUT2D eigenvalue weighted by Crippen LogP contribution is -2.39. The van der Waals surface area contributed by atoms with E-state index in [0.29, 0.717) is 23.1 Å². The van der Waals surface area contributed by atoms with Crippen LogP contribution in [-0.2, 0) is 4.74 Å². The Balaban J connectivity index is 1.74. The third kappa shape index (κ3) is 6.29. The average Bonchev–Trinajstić information content (AvgIpc) is 2.73. The van der Waals surface area contributed by atoms with E-state index in [1.807, 2.05) is 57.2 Å². The second-order valence-electron chi connectivity index (χ2n) is 7.52. The van der Waals surface area contributed by atoms with Gasteiger partial charge in [0, 0.05) is 35.9 Å². The molecule has 0 unspecified atom stereocenters. The number of nitrogens with zero attached hydrogens (tertiary/aromatic N) is 2. The first-order chi connectivity index (χ1) is 14.4. The fraction of sp³-hybridized carbons (Fsp3) is 0.391. The Bertz CT molecular complexity index is 923. The number of aliphatic imine (C=N–C) groups is 1. The Kier molecular flexibility index (Phi) is 7.85. The first-order valence-electron chi connectivity index (χ1n) is 10.2. The van der Waals surface area contributed by atoms with Crippen LogP contribution in [0, 0.1) is 20.8 Å². The van der Waals surface area contributed by atoms with Gasteiger partial charge in [-0.3, -0.25) is 20.0 Å². The summed E-state index contributed by atoms with van der Waals surface area (Å²) < 4.78 is 5.39. The highest BCUT2D eigenvalue weighted by molar-refractivity contribution is 6.31. The maximum absolute atomic E-state index is 12.8. The molecule has 7 heteroatoms. The third-order valence-corrected chi connectivity index (χ3v) is 5.48. The lowest BCUT2D eigenvalue weighted by Gasteiger charge is -2.25. The maximum atomic E-state index is 12.8. The number of halogens is 1. The lowest BCUT2D eigenvalue weighted by atomic mass is 10.1. The van der Waals surface area contributed by atoms with E-state index in [9.17, 15) is 4.79 Å². The number of hydrogen-bond donors (Lipinski definition) is 2. The Morgan fingerprint density at radius 2 is 1.80 bits per heavy atom. The SMILES string of the molecule is Cc1ccc(C(=O)NC(=NCCN2CCOCC2)Nc2cc(Cl)ccc2C)cc1C. The monoisotopic (exact) mass is 428 g/mol. The zero-order valence-electron chi connectivity index (χ0n) is 17.8. The van der Waals surface area contributed by atoms with Crippen LogP contribution in [0.25, 0.3) is 0 Å². The number of nitrogens with one attached hydrogen (secondary N) is 2. The zero-order valence-corrected chi connectivity index (χ0v) is 18.6. The number of anilines is 1. The Morgan fingerprint density at radius 3 is 2.53 bits per heavy atom. The highest BCUT2D eigenvalue weighted by Gasteiger charge is 2.13. The highest BCUT2D eigenvalue weighted by atomic mass is 35.5. The molecule has 2 aromatic rings. The van der Waals surface area contributed by atoms with E-state index < -0.39 is 0 Å². The first kappa shape index (κ1) is 22.3. The standard InChI is InChI=1S/C23H29ClN4O2/c1-16-4-6-19(14-18(16)3)22(29)27-23(25-8-9-28-10-12-30-13-11-28)26-21-15-20(24)7-5-17(21)2/h4-7,14-15H,8-13H2,1-3H3,(H2,25,26,27,29). The number of carbonyl (C=O) groups is 1. The lowest BCUT2D eigenvalue weighted by molar-refractivity contribution is 0.0394. The summed E-state index contributed by atoms with van der Waals surface area (Å²) in [6.45, 7) is 10.7. The quantitative estimate of drug-likeness (QED) is 0.561. The molecule has 0 radical (unpaired) electrons. The summed E-state index contributed by atoms with van der Waals surface area (Å²) in [6.07, 6.45) is 0. The number of guanidine groups is 1. The molecule has 0 aromatic heterocycles. The van der Waals surface area contributed by atoms with Crippen LogP contribution in [-0.4, -0.2) is 56.2 Å². The molecule has 0 saturated carbocycles. The predicted octanol–water partition coefficient (Wildman–Crippen LogP) is 3.80. The number of aryl methyl sites for hydroxylation is 3. The van der Waals surface area contributed by atoms with Gasteiger partial charge in [-0.15, -0.1) is 0 Å². The minimum atomic E-state index is -0.199. The maximum Gasteiger partial charge on any atom is 0.257 e. The van der Waals surface area contributed by atoms with Gasteiger partial charge < -0.3 is 10.1 Å². The summed E-state index contributed by atoms with van der Waals surface area (Å²) >= 11 is 6.15. The summed E-state index contributed by atoms with van der Waals surface area (Å²) in [7, 11) is 0. The number of hydrogen-bond acceptors (Lipinski definition) is 4. The van der Waals surface area contributed by atoms with Gasteiger partial charge >= 0.3 is 0 Å². The molecule has 160 valence electrons. The number of rotatable bonds is 5. The minimum absolute atomic E-state index is 0.199. The Labute approximate surface area is 183 Å². The normalized spacial score (nSPS) is 15.1. The molecule has 6 nitrogen and oxygen atoms in total. The van der Waals surface area contributed by atoms with Crippen molar-refractivity contribution < 1.29 is 9.53 Å². The largest absolute Gasteiger partial charge is 0.379 e. The van der Waals surface area contributed by atoms with Crippen molar-refractivity contribution in [3.63, 3.8) is 0 Å². The Hall–Kier alpha value is -2.41. The first-order valence-corrected chi connectivity index (χ1v) is 10.6. The minimum Gasteiger partial charge on any atom is -0.379 e. The molecule has 1 aliphatic heterocycles. The van der Waals surface area contributed by atoms with E-state index in [1.54, 1.807) is 0 Å². The van der Waals surface area contributed by atoms with Gasteiger partial charge in [-0.1, -0.05) is 23.7 Å². The molecule has 3 rings (SSSR count). The zero-order chi connectivity index (χ0) is 21.5. The van der Waals surface area contributed by atoms with E-state index in [0.717, 1.165) is 55.2 Å². The molecule has 0 bridgehead atoms. The van der Waals surface area contributed by atoms with Gasteiger partial charge in [0.2, 0.25) is 5.96 Å². The van der Waals surface area contributed by atoms with Crippen molar-refractivity contribution in [2.45, 2.75) is 20.8 Å². The van der Waals surface area contributed by atoms with Crippen LogP contribution in [0.3, 0.4) is 0 Å². The summed E-state index contributed by atoms with van der Waals surface area (Å²) in [5.74, 6) is 0.215. The summed E-state index contributed by atoms with van der Waals surface area (Å²) in [4.78, 5) is 19.8. The van der Waals surface area contributed by atoms with E-state index in [4.69, 9.17) is 16.3 Å². The van der Waals surface area contributed by atoms with Crippen LogP contribution < -0.4 is 10.6 Å². The molecule has 0 atom stereocenters. The second-order valence-corrected chi connectivity index (χ2v) is 7.96. The molecular weight excluding hydrogens is 400 g/mol. The van der Waals surface area contributed by atoms with Crippen molar-refractivity contribution in [1.29, 1.82) is 0 Å². The van der Waals surface area contributed by atoms with Gasteiger partial charge in [-0.05, 0) is 61.7 Å². The molecule has 2 N–H and O–H groups in total. The molecule has 0 spiro atoms. The molecule has 1 aliphatic rings. The van der Waals surface area contributed by atoms with Crippen LogP contribution >= 0.6 is 11.6 Å². The van der Waals surface area contributed by atoms with Gasteiger partial charge in [0.15, 0.2) is 0 Å². The van der Waals surface area contributed by atoms with Crippen molar-refractivity contribution in [3.05, 3.63) is 63.7 Å². The van der Waals surface area contributed by atoms with E-state index in [1.165, 1.54) is 0 Å². The van der Waals surface area contributed by atoms with E-state index in [-0.39, 0.29) is 5.91 Å². The fourth-order valence-electron chi connectivity index (χ4n) is 3.16. The van der Waals surface area contributed by atoms with Crippen molar-refractivity contribution in [3.8, 4) is 0 Å². The van der Waals surface area contributed by atoms with Crippen molar-refractivity contribution in [2.24, 2.45) is 4.99 Å². The van der Waals surface area contributed by atoms with Crippen LogP contribution in [0.15, 0.2) is 41.4 Å². The van der Waals surface area contributed by atoms with Crippen LogP contribution in [0.1, 0.15) is 27.0 Å². The average molecular weight is 429 g/mol. The summed E-state index contributed by atoms with van der Waals surface area (Å²) in [6, 6.07) is 11.3. The molecule has 1 saturated heterocycles. The third-order valence-electron chi connectivity index (χ3n) is 5.24. The number of amides is 1. The van der Waals surface area contributed by atoms with Gasteiger partial charge in [0.05, 0.1) is 19.8 Å². The molecule has 1 heterocycles. The second kappa shape index (κ2) is 10.6. The fourth-order valence-corrected chi connectivity index (χ4v) is 3.33. The Morgan fingerprint density at radius 1 is 1.07 bits per heavy atom. The van der Waals surface area contributed by atoms with Crippen LogP contribution in [0.2, 0.25) is 5.02 Å². The molecule has 1 amide bonds. The number of ether oxygens (including phenoxy) is 1.